The Labute approximate surface area is 84.0 Å². The smallest absolute Gasteiger partial charge is 0.0653 e. The van der Waals surface area contributed by atoms with Gasteiger partial charge in [0.25, 0.3) is 0 Å². The van der Waals surface area contributed by atoms with Gasteiger partial charge in [-0.15, -0.1) is 0 Å². The lowest BCUT2D eigenvalue weighted by molar-refractivity contribution is 0.110. The molecule has 1 aliphatic heterocycles. The summed E-state index contributed by atoms with van der Waals surface area (Å²) in [6, 6.07) is 2.07. The Balaban J connectivity index is 2.01. The maximum Gasteiger partial charge on any atom is 0.0653 e. The number of rotatable bonds is 3. The molecule has 0 bridgehead atoms. The molecule has 0 saturated carbocycles. The second-order valence-electron chi connectivity index (χ2n) is 3.79. The normalized spacial score (nSPS) is 21.7. The summed E-state index contributed by atoms with van der Waals surface area (Å²) in [5.41, 5.74) is 7.76. The molecular formula is C10H17N3O. The predicted octanol–water partition coefficient (Wildman–Crippen LogP) is 0.600. The van der Waals surface area contributed by atoms with Gasteiger partial charge < -0.3 is 10.5 Å². The van der Waals surface area contributed by atoms with Crippen LogP contribution in [-0.2, 0) is 24.8 Å². The maximum atomic E-state index is 5.58. The third-order valence-corrected chi connectivity index (χ3v) is 2.70. The van der Waals surface area contributed by atoms with Crippen LogP contribution in [0.25, 0.3) is 0 Å². The van der Waals surface area contributed by atoms with Gasteiger partial charge in [-0.25, -0.2) is 0 Å². The highest BCUT2D eigenvalue weighted by Crippen LogP contribution is 2.16. The molecule has 1 unspecified atom stereocenters. The van der Waals surface area contributed by atoms with Gasteiger partial charge in [0.15, 0.2) is 0 Å². The van der Waals surface area contributed by atoms with Gasteiger partial charge in [-0.2, -0.15) is 5.10 Å². The molecule has 1 aromatic rings. The molecular weight excluding hydrogens is 178 g/mol. The number of nitrogens with zero attached hydrogens (tertiary/aromatic N) is 2. The lowest BCUT2D eigenvalue weighted by Crippen LogP contribution is -2.09. The van der Waals surface area contributed by atoms with Crippen LogP contribution in [0.3, 0.4) is 0 Å². The first-order valence-corrected chi connectivity index (χ1v) is 5.13. The number of ether oxygens (including phenoxy) is 1. The predicted molar refractivity (Wildman–Crippen MR) is 53.8 cm³/mol. The van der Waals surface area contributed by atoms with Crippen molar-refractivity contribution in [2.75, 3.05) is 6.61 Å². The molecule has 4 heteroatoms. The van der Waals surface area contributed by atoms with E-state index in [-0.39, 0.29) is 0 Å². The zero-order valence-corrected chi connectivity index (χ0v) is 8.57. The van der Waals surface area contributed by atoms with Gasteiger partial charge in [-0.1, -0.05) is 0 Å². The van der Waals surface area contributed by atoms with Crippen molar-refractivity contribution in [3.8, 4) is 0 Å². The summed E-state index contributed by atoms with van der Waals surface area (Å²) in [5.74, 6) is 0. The summed E-state index contributed by atoms with van der Waals surface area (Å²) in [4.78, 5) is 0. The summed E-state index contributed by atoms with van der Waals surface area (Å²) in [6.07, 6.45) is 3.64. The summed E-state index contributed by atoms with van der Waals surface area (Å²) >= 11 is 0. The van der Waals surface area contributed by atoms with Crippen LogP contribution in [0.4, 0.5) is 0 Å². The fourth-order valence-electron chi connectivity index (χ4n) is 1.90. The molecule has 0 aliphatic carbocycles. The third kappa shape index (κ3) is 1.96. The number of aromatic nitrogens is 2. The zero-order valence-electron chi connectivity index (χ0n) is 8.57. The van der Waals surface area contributed by atoms with Crippen LogP contribution in [-0.4, -0.2) is 22.5 Å². The van der Waals surface area contributed by atoms with E-state index in [4.69, 9.17) is 10.5 Å². The monoisotopic (exact) mass is 195 g/mol. The summed E-state index contributed by atoms with van der Waals surface area (Å²) in [6.45, 7) is 1.45. The van der Waals surface area contributed by atoms with Crippen LogP contribution in [0.15, 0.2) is 6.07 Å². The van der Waals surface area contributed by atoms with Crippen LogP contribution < -0.4 is 5.73 Å². The average molecular weight is 195 g/mol. The SMILES string of the molecule is Cn1nc(CC2CCCO2)cc1CN. The van der Waals surface area contributed by atoms with E-state index in [1.165, 1.54) is 6.42 Å². The van der Waals surface area contributed by atoms with Crippen molar-refractivity contribution in [1.82, 2.24) is 9.78 Å². The van der Waals surface area contributed by atoms with E-state index in [2.05, 4.69) is 11.2 Å². The standard InChI is InChI=1S/C10H17N3O/c1-13-9(7-11)5-8(12-13)6-10-3-2-4-14-10/h5,10H,2-4,6-7,11H2,1H3. The topological polar surface area (TPSA) is 53.1 Å². The van der Waals surface area contributed by atoms with Gasteiger partial charge in [0.05, 0.1) is 17.5 Å². The molecule has 1 fully saturated rings. The number of aryl methyl sites for hydroxylation is 1. The minimum Gasteiger partial charge on any atom is -0.378 e. The van der Waals surface area contributed by atoms with E-state index in [0.29, 0.717) is 12.6 Å². The van der Waals surface area contributed by atoms with Crippen molar-refractivity contribution >= 4 is 0 Å². The van der Waals surface area contributed by atoms with E-state index >= 15 is 0 Å². The Hall–Kier alpha value is -0.870. The Morgan fingerprint density at radius 3 is 3.14 bits per heavy atom. The molecule has 78 valence electrons. The van der Waals surface area contributed by atoms with E-state index in [0.717, 1.165) is 30.8 Å². The zero-order chi connectivity index (χ0) is 9.97. The molecule has 0 radical (unpaired) electrons. The molecule has 0 aromatic carbocycles. The minimum atomic E-state index is 0.371. The van der Waals surface area contributed by atoms with E-state index in [1.807, 2.05) is 11.7 Å². The van der Waals surface area contributed by atoms with Crippen LogP contribution >= 0.6 is 0 Å². The van der Waals surface area contributed by atoms with E-state index < -0.39 is 0 Å². The lowest BCUT2D eigenvalue weighted by Gasteiger charge is -2.05. The molecule has 1 saturated heterocycles. The molecule has 14 heavy (non-hydrogen) atoms. The Morgan fingerprint density at radius 2 is 2.57 bits per heavy atom. The molecule has 2 rings (SSSR count). The van der Waals surface area contributed by atoms with Gasteiger partial charge in [0.2, 0.25) is 0 Å². The molecule has 0 spiro atoms. The Morgan fingerprint density at radius 1 is 1.71 bits per heavy atom. The lowest BCUT2D eigenvalue weighted by atomic mass is 10.1. The van der Waals surface area contributed by atoms with Gasteiger partial charge >= 0.3 is 0 Å². The molecule has 1 aromatic heterocycles. The number of nitrogens with two attached hydrogens (primary N) is 1. The van der Waals surface area contributed by atoms with Crippen LogP contribution in [0.1, 0.15) is 24.2 Å². The second kappa shape index (κ2) is 4.11. The van der Waals surface area contributed by atoms with Crippen LogP contribution in [0.2, 0.25) is 0 Å². The van der Waals surface area contributed by atoms with Crippen molar-refractivity contribution in [2.45, 2.75) is 31.9 Å². The van der Waals surface area contributed by atoms with Gasteiger partial charge in [0.1, 0.15) is 0 Å². The maximum absolute atomic E-state index is 5.58. The first kappa shape index (κ1) is 9.68. The Bertz CT molecular complexity index is 302. The van der Waals surface area contributed by atoms with Gasteiger partial charge in [-0.3, -0.25) is 4.68 Å². The summed E-state index contributed by atoms with van der Waals surface area (Å²) in [5, 5.41) is 4.40. The fraction of sp³-hybridized carbons (Fsp3) is 0.700. The fourth-order valence-corrected chi connectivity index (χ4v) is 1.90. The quantitative estimate of drug-likeness (QED) is 0.768. The van der Waals surface area contributed by atoms with Gasteiger partial charge in [-0.05, 0) is 18.9 Å². The second-order valence-corrected chi connectivity index (χ2v) is 3.79. The first-order valence-electron chi connectivity index (χ1n) is 5.13. The molecule has 2 N–H and O–H groups in total. The summed E-state index contributed by atoms with van der Waals surface area (Å²) in [7, 11) is 1.93. The molecule has 0 amide bonds. The number of hydrogen-bond acceptors (Lipinski definition) is 3. The van der Waals surface area contributed by atoms with Crippen molar-refractivity contribution < 1.29 is 4.74 Å². The first-order chi connectivity index (χ1) is 6.79. The molecule has 1 atom stereocenters. The average Bonchev–Trinajstić information content (AvgIpc) is 2.76. The molecule has 1 aliphatic rings. The highest BCUT2D eigenvalue weighted by atomic mass is 16.5. The highest BCUT2D eigenvalue weighted by Gasteiger charge is 2.17. The van der Waals surface area contributed by atoms with Crippen LogP contribution in [0, 0.1) is 0 Å². The largest absolute Gasteiger partial charge is 0.378 e. The molecule has 2 heterocycles. The van der Waals surface area contributed by atoms with Crippen molar-refractivity contribution in [3.63, 3.8) is 0 Å². The minimum absolute atomic E-state index is 0.371. The Kier molecular flexibility index (Phi) is 2.84. The van der Waals surface area contributed by atoms with E-state index in [9.17, 15) is 0 Å². The number of hydrogen-bond donors (Lipinski definition) is 1. The van der Waals surface area contributed by atoms with Crippen molar-refractivity contribution in [1.29, 1.82) is 0 Å². The molecule has 4 nitrogen and oxygen atoms in total. The van der Waals surface area contributed by atoms with E-state index in [1.54, 1.807) is 0 Å². The van der Waals surface area contributed by atoms with Gasteiger partial charge in [0, 0.05) is 26.6 Å². The van der Waals surface area contributed by atoms with Crippen molar-refractivity contribution in [2.24, 2.45) is 12.8 Å². The highest BCUT2D eigenvalue weighted by molar-refractivity contribution is 5.11. The van der Waals surface area contributed by atoms with Crippen molar-refractivity contribution in [3.05, 3.63) is 17.5 Å². The van der Waals surface area contributed by atoms with Crippen LogP contribution in [0.5, 0.6) is 0 Å². The third-order valence-electron chi connectivity index (χ3n) is 2.70. The summed E-state index contributed by atoms with van der Waals surface area (Å²) < 4.78 is 7.41.